The zero-order valence-electron chi connectivity index (χ0n) is 8.98. The summed E-state index contributed by atoms with van der Waals surface area (Å²) < 4.78 is 5.18. The van der Waals surface area contributed by atoms with E-state index in [9.17, 15) is 0 Å². The summed E-state index contributed by atoms with van der Waals surface area (Å²) in [5.74, 6) is 1.50. The molecule has 2 rings (SSSR count). The first-order valence-electron chi connectivity index (χ1n) is 5.68. The van der Waals surface area contributed by atoms with Crippen LogP contribution in [0.15, 0.2) is 4.52 Å². The molecule has 1 aliphatic rings. The maximum atomic E-state index is 5.42. The lowest BCUT2D eigenvalue weighted by molar-refractivity contribution is 0.374. The van der Waals surface area contributed by atoms with E-state index in [-0.39, 0.29) is 0 Å². The number of nitrogens with two attached hydrogens (primary N) is 1. The molecule has 0 atom stereocenters. The van der Waals surface area contributed by atoms with Crippen LogP contribution in [-0.4, -0.2) is 29.8 Å². The summed E-state index contributed by atoms with van der Waals surface area (Å²) >= 11 is 0. The van der Waals surface area contributed by atoms with E-state index < -0.39 is 0 Å². The predicted molar refractivity (Wildman–Crippen MR) is 57.7 cm³/mol. The average Bonchev–Trinajstić information content (AvgIpc) is 2.87. The van der Waals surface area contributed by atoms with Crippen molar-refractivity contribution in [3.63, 3.8) is 0 Å². The third-order valence-electron chi connectivity index (χ3n) is 2.69. The van der Waals surface area contributed by atoms with Crippen LogP contribution in [-0.2, 0) is 6.42 Å². The molecular formula is C10H18N4O. The highest BCUT2D eigenvalue weighted by Gasteiger charge is 2.17. The zero-order valence-corrected chi connectivity index (χ0v) is 8.98. The molecule has 1 aliphatic heterocycles. The molecule has 0 spiro atoms. The van der Waals surface area contributed by atoms with Crippen molar-refractivity contribution >= 4 is 5.95 Å². The molecule has 0 saturated carbocycles. The number of unbranched alkanes of at least 4 members (excludes halogenated alkanes) is 1. The van der Waals surface area contributed by atoms with Gasteiger partial charge < -0.3 is 15.2 Å². The number of anilines is 1. The lowest BCUT2D eigenvalue weighted by Crippen LogP contribution is -2.18. The molecule has 1 fully saturated rings. The van der Waals surface area contributed by atoms with Gasteiger partial charge in [-0.1, -0.05) is 0 Å². The van der Waals surface area contributed by atoms with Crippen LogP contribution < -0.4 is 10.6 Å². The summed E-state index contributed by atoms with van der Waals surface area (Å²) in [5.41, 5.74) is 5.42. The van der Waals surface area contributed by atoms with Gasteiger partial charge >= 0.3 is 0 Å². The number of hydrogen-bond acceptors (Lipinski definition) is 5. The molecule has 0 aromatic carbocycles. The van der Waals surface area contributed by atoms with Crippen LogP contribution in [0, 0.1) is 0 Å². The van der Waals surface area contributed by atoms with E-state index in [2.05, 4.69) is 15.0 Å². The maximum Gasteiger partial charge on any atom is 0.266 e. The van der Waals surface area contributed by atoms with Crippen LogP contribution in [0.4, 0.5) is 5.95 Å². The molecule has 0 unspecified atom stereocenters. The first kappa shape index (κ1) is 10.4. The van der Waals surface area contributed by atoms with Crippen molar-refractivity contribution in [2.75, 3.05) is 24.5 Å². The standard InChI is InChI=1S/C10H18N4O/c11-6-2-1-5-9-12-10(13-15-9)14-7-3-4-8-14/h1-8,11H2. The molecule has 5 nitrogen and oxygen atoms in total. The number of rotatable bonds is 5. The van der Waals surface area contributed by atoms with Gasteiger partial charge in [-0.2, -0.15) is 4.98 Å². The fraction of sp³-hybridized carbons (Fsp3) is 0.800. The van der Waals surface area contributed by atoms with Crippen LogP contribution in [0.2, 0.25) is 0 Å². The van der Waals surface area contributed by atoms with Crippen molar-refractivity contribution in [2.24, 2.45) is 5.73 Å². The molecule has 2 N–H and O–H groups in total. The first-order valence-corrected chi connectivity index (χ1v) is 5.68. The number of aromatic nitrogens is 2. The molecule has 15 heavy (non-hydrogen) atoms. The molecule has 84 valence electrons. The fourth-order valence-corrected chi connectivity index (χ4v) is 1.81. The van der Waals surface area contributed by atoms with E-state index >= 15 is 0 Å². The van der Waals surface area contributed by atoms with Gasteiger partial charge in [-0.05, 0) is 37.4 Å². The largest absolute Gasteiger partial charge is 0.338 e. The smallest absolute Gasteiger partial charge is 0.266 e. The van der Waals surface area contributed by atoms with Crippen molar-refractivity contribution in [3.05, 3.63) is 5.89 Å². The van der Waals surface area contributed by atoms with Crippen LogP contribution in [0.5, 0.6) is 0 Å². The second-order valence-corrected chi connectivity index (χ2v) is 3.93. The molecule has 0 bridgehead atoms. The number of nitrogens with zero attached hydrogens (tertiary/aromatic N) is 3. The Morgan fingerprint density at radius 1 is 1.27 bits per heavy atom. The monoisotopic (exact) mass is 210 g/mol. The Bertz CT molecular complexity index is 293. The van der Waals surface area contributed by atoms with E-state index in [0.29, 0.717) is 0 Å². The van der Waals surface area contributed by atoms with Crippen LogP contribution in [0.25, 0.3) is 0 Å². The van der Waals surface area contributed by atoms with Gasteiger partial charge in [0.2, 0.25) is 5.89 Å². The molecule has 0 amide bonds. The molecular weight excluding hydrogens is 192 g/mol. The van der Waals surface area contributed by atoms with E-state index in [1.807, 2.05) is 0 Å². The Morgan fingerprint density at radius 2 is 2.07 bits per heavy atom. The highest BCUT2D eigenvalue weighted by atomic mass is 16.5. The summed E-state index contributed by atoms with van der Waals surface area (Å²) in [4.78, 5) is 6.55. The Hall–Kier alpha value is -1.10. The minimum absolute atomic E-state index is 0.729. The van der Waals surface area contributed by atoms with Gasteiger partial charge in [0.25, 0.3) is 5.95 Å². The lowest BCUT2D eigenvalue weighted by atomic mass is 10.2. The summed E-state index contributed by atoms with van der Waals surface area (Å²) in [5, 5.41) is 3.99. The van der Waals surface area contributed by atoms with E-state index in [0.717, 1.165) is 50.7 Å². The van der Waals surface area contributed by atoms with Gasteiger partial charge in [0.1, 0.15) is 0 Å². The Balaban J connectivity index is 1.86. The quantitative estimate of drug-likeness (QED) is 0.733. The topological polar surface area (TPSA) is 68.2 Å². The molecule has 0 aliphatic carbocycles. The van der Waals surface area contributed by atoms with Crippen molar-refractivity contribution in [1.29, 1.82) is 0 Å². The fourth-order valence-electron chi connectivity index (χ4n) is 1.81. The van der Waals surface area contributed by atoms with E-state index in [4.69, 9.17) is 10.3 Å². The summed E-state index contributed by atoms with van der Waals surface area (Å²) in [6.07, 6.45) is 5.35. The lowest BCUT2D eigenvalue weighted by Gasteiger charge is -2.09. The van der Waals surface area contributed by atoms with Crippen molar-refractivity contribution in [3.8, 4) is 0 Å². The van der Waals surface area contributed by atoms with Crippen LogP contribution >= 0.6 is 0 Å². The van der Waals surface area contributed by atoms with Gasteiger partial charge in [-0.15, -0.1) is 0 Å². The molecule has 5 heteroatoms. The first-order chi connectivity index (χ1) is 7.40. The SMILES string of the molecule is NCCCCc1nc(N2CCCC2)no1. The molecule has 0 radical (unpaired) electrons. The third-order valence-corrected chi connectivity index (χ3v) is 2.69. The summed E-state index contributed by atoms with van der Waals surface area (Å²) in [7, 11) is 0. The van der Waals surface area contributed by atoms with E-state index in [1.165, 1.54) is 12.8 Å². The molecule has 1 saturated heterocycles. The molecule has 1 aromatic heterocycles. The van der Waals surface area contributed by atoms with Crippen LogP contribution in [0.3, 0.4) is 0 Å². The number of aryl methyl sites for hydroxylation is 1. The third kappa shape index (κ3) is 2.68. The molecule has 1 aromatic rings. The average molecular weight is 210 g/mol. The van der Waals surface area contributed by atoms with Crippen LogP contribution in [0.1, 0.15) is 31.6 Å². The number of hydrogen-bond donors (Lipinski definition) is 1. The Kier molecular flexibility index (Phi) is 3.55. The van der Waals surface area contributed by atoms with Crippen molar-refractivity contribution in [2.45, 2.75) is 32.1 Å². The van der Waals surface area contributed by atoms with Crippen molar-refractivity contribution < 1.29 is 4.52 Å². The maximum absolute atomic E-state index is 5.42. The Labute approximate surface area is 89.6 Å². The minimum atomic E-state index is 0.729. The normalized spacial score (nSPS) is 16.2. The summed E-state index contributed by atoms with van der Waals surface area (Å²) in [6, 6.07) is 0. The van der Waals surface area contributed by atoms with Gasteiger partial charge in [-0.3, -0.25) is 0 Å². The second kappa shape index (κ2) is 5.11. The second-order valence-electron chi connectivity index (χ2n) is 3.93. The van der Waals surface area contributed by atoms with E-state index in [1.54, 1.807) is 0 Å². The zero-order chi connectivity index (χ0) is 10.5. The van der Waals surface area contributed by atoms with Gasteiger partial charge in [0.05, 0.1) is 0 Å². The highest BCUT2D eigenvalue weighted by molar-refractivity contribution is 5.28. The van der Waals surface area contributed by atoms with Gasteiger partial charge in [0.15, 0.2) is 0 Å². The minimum Gasteiger partial charge on any atom is -0.338 e. The van der Waals surface area contributed by atoms with Gasteiger partial charge in [-0.25, -0.2) is 0 Å². The summed E-state index contributed by atoms with van der Waals surface area (Å²) in [6.45, 7) is 2.84. The Morgan fingerprint density at radius 3 is 2.80 bits per heavy atom. The van der Waals surface area contributed by atoms with Crippen molar-refractivity contribution in [1.82, 2.24) is 10.1 Å². The highest BCUT2D eigenvalue weighted by Crippen LogP contribution is 2.16. The van der Waals surface area contributed by atoms with Gasteiger partial charge in [0, 0.05) is 19.5 Å². The predicted octanol–water partition coefficient (Wildman–Crippen LogP) is 0.951. The molecule has 2 heterocycles.